The van der Waals surface area contributed by atoms with Gasteiger partial charge in [-0.05, 0) is 55.0 Å². The Kier molecular flexibility index (Phi) is 5.58. The zero-order valence-corrected chi connectivity index (χ0v) is 14.9. The van der Waals surface area contributed by atoms with Crippen molar-refractivity contribution in [2.75, 3.05) is 5.32 Å². The molecule has 0 fully saturated rings. The van der Waals surface area contributed by atoms with Gasteiger partial charge in [-0.15, -0.1) is 0 Å². The molecule has 8 heteroatoms. The molecule has 0 aliphatic carbocycles. The van der Waals surface area contributed by atoms with Gasteiger partial charge in [0.05, 0.1) is 5.56 Å². The molecule has 0 saturated carbocycles. The molecule has 3 aromatic rings. The second-order valence-corrected chi connectivity index (χ2v) is 6.10. The summed E-state index contributed by atoms with van der Waals surface area (Å²) < 4.78 is 38.2. The second-order valence-electron chi connectivity index (χ2n) is 6.10. The van der Waals surface area contributed by atoms with Crippen LogP contribution in [0.2, 0.25) is 0 Å². The van der Waals surface area contributed by atoms with E-state index in [0.717, 1.165) is 23.4 Å². The van der Waals surface area contributed by atoms with E-state index in [1.807, 2.05) is 6.92 Å². The fourth-order valence-corrected chi connectivity index (χ4v) is 2.51. The zero-order valence-electron chi connectivity index (χ0n) is 14.9. The first-order valence-corrected chi connectivity index (χ1v) is 8.42. The predicted octanol–water partition coefficient (Wildman–Crippen LogP) is 4.79. The first kappa shape index (κ1) is 19.3. The normalized spacial score (nSPS) is 11.1. The van der Waals surface area contributed by atoms with Crippen LogP contribution >= 0.6 is 0 Å². The second kappa shape index (κ2) is 8.08. The van der Waals surface area contributed by atoms with Crippen LogP contribution in [-0.4, -0.2) is 16.0 Å². The van der Waals surface area contributed by atoms with Crippen molar-refractivity contribution in [1.82, 2.24) is 15.3 Å². The average Bonchev–Trinajstić information content (AvgIpc) is 2.66. The van der Waals surface area contributed by atoms with E-state index in [0.29, 0.717) is 17.1 Å². The Labute approximate surface area is 159 Å². The lowest BCUT2D eigenvalue weighted by molar-refractivity contribution is -0.137. The summed E-state index contributed by atoms with van der Waals surface area (Å²) in [5.41, 5.74) is 1.80. The SMILES string of the molecule is Cc1ccnc(-c2ccc(NC(=O)NCc3cccc(C(F)(F)F)c3)cc2)n1. The Morgan fingerprint density at radius 1 is 1.07 bits per heavy atom. The molecular weight excluding hydrogens is 369 g/mol. The van der Waals surface area contributed by atoms with E-state index in [-0.39, 0.29) is 6.54 Å². The summed E-state index contributed by atoms with van der Waals surface area (Å²) in [6.07, 6.45) is -2.74. The summed E-state index contributed by atoms with van der Waals surface area (Å²) >= 11 is 0. The molecule has 0 atom stereocenters. The number of hydrogen-bond donors (Lipinski definition) is 2. The van der Waals surface area contributed by atoms with Gasteiger partial charge in [0.2, 0.25) is 0 Å². The van der Waals surface area contributed by atoms with Crippen molar-refractivity contribution in [3.63, 3.8) is 0 Å². The van der Waals surface area contributed by atoms with Crippen molar-refractivity contribution in [1.29, 1.82) is 0 Å². The van der Waals surface area contributed by atoms with E-state index in [4.69, 9.17) is 0 Å². The Balaban J connectivity index is 1.58. The number of aryl methyl sites for hydroxylation is 1. The minimum absolute atomic E-state index is 0.0228. The molecule has 3 rings (SSSR count). The van der Waals surface area contributed by atoms with E-state index in [2.05, 4.69) is 20.6 Å². The van der Waals surface area contributed by atoms with Gasteiger partial charge in [0.25, 0.3) is 0 Å². The average molecular weight is 386 g/mol. The number of hydrogen-bond acceptors (Lipinski definition) is 3. The Morgan fingerprint density at radius 2 is 1.82 bits per heavy atom. The lowest BCUT2D eigenvalue weighted by atomic mass is 10.1. The maximum Gasteiger partial charge on any atom is 0.416 e. The van der Waals surface area contributed by atoms with Gasteiger partial charge in [-0.25, -0.2) is 14.8 Å². The minimum Gasteiger partial charge on any atom is -0.334 e. The number of nitrogens with one attached hydrogen (secondary N) is 2. The molecule has 0 radical (unpaired) electrons. The van der Waals surface area contributed by atoms with Crippen LogP contribution < -0.4 is 10.6 Å². The Morgan fingerprint density at radius 3 is 2.50 bits per heavy atom. The molecule has 0 aliphatic rings. The fourth-order valence-electron chi connectivity index (χ4n) is 2.51. The molecule has 5 nitrogen and oxygen atoms in total. The van der Waals surface area contributed by atoms with Crippen molar-refractivity contribution in [3.8, 4) is 11.4 Å². The number of benzene rings is 2. The van der Waals surface area contributed by atoms with Gasteiger partial charge >= 0.3 is 12.2 Å². The van der Waals surface area contributed by atoms with E-state index in [1.165, 1.54) is 12.1 Å². The number of alkyl halides is 3. The third-order valence-corrected chi connectivity index (χ3v) is 3.90. The van der Waals surface area contributed by atoms with Gasteiger partial charge in [0.15, 0.2) is 5.82 Å². The van der Waals surface area contributed by atoms with Crippen LogP contribution in [0.15, 0.2) is 60.8 Å². The highest BCUT2D eigenvalue weighted by atomic mass is 19.4. The molecule has 2 aromatic carbocycles. The molecule has 0 saturated heterocycles. The highest BCUT2D eigenvalue weighted by Crippen LogP contribution is 2.29. The standard InChI is InChI=1S/C20H17F3N4O/c1-13-9-10-24-18(26-13)15-5-7-17(8-6-15)27-19(28)25-12-14-3-2-4-16(11-14)20(21,22)23/h2-11H,12H2,1H3,(H2,25,27,28). The molecule has 28 heavy (non-hydrogen) atoms. The largest absolute Gasteiger partial charge is 0.416 e. The third kappa shape index (κ3) is 5.06. The summed E-state index contributed by atoms with van der Waals surface area (Å²) in [5.74, 6) is 0.584. The van der Waals surface area contributed by atoms with Crippen molar-refractivity contribution in [3.05, 3.63) is 77.6 Å². The van der Waals surface area contributed by atoms with Crippen LogP contribution in [0.4, 0.5) is 23.7 Å². The molecule has 144 valence electrons. The topological polar surface area (TPSA) is 66.9 Å². The molecule has 0 unspecified atom stereocenters. The van der Waals surface area contributed by atoms with Crippen LogP contribution in [0.1, 0.15) is 16.8 Å². The van der Waals surface area contributed by atoms with Crippen molar-refractivity contribution in [2.45, 2.75) is 19.6 Å². The number of rotatable bonds is 4. The number of carbonyl (C=O) groups is 1. The molecule has 0 bridgehead atoms. The molecule has 2 amide bonds. The smallest absolute Gasteiger partial charge is 0.334 e. The zero-order chi connectivity index (χ0) is 20.1. The van der Waals surface area contributed by atoms with Crippen LogP contribution in [0.25, 0.3) is 11.4 Å². The van der Waals surface area contributed by atoms with Gasteiger partial charge < -0.3 is 10.6 Å². The number of nitrogens with zero attached hydrogens (tertiary/aromatic N) is 2. The van der Waals surface area contributed by atoms with E-state index in [1.54, 1.807) is 36.5 Å². The monoisotopic (exact) mass is 386 g/mol. The predicted molar refractivity (Wildman–Crippen MR) is 99.5 cm³/mol. The number of anilines is 1. The number of carbonyl (C=O) groups excluding carboxylic acids is 1. The van der Waals surface area contributed by atoms with Crippen molar-refractivity contribution >= 4 is 11.7 Å². The highest BCUT2D eigenvalue weighted by Gasteiger charge is 2.30. The van der Waals surface area contributed by atoms with Crippen LogP contribution in [-0.2, 0) is 12.7 Å². The summed E-state index contributed by atoms with van der Waals surface area (Å²) in [6, 6.07) is 13.1. The van der Waals surface area contributed by atoms with Crippen LogP contribution in [0.5, 0.6) is 0 Å². The lowest BCUT2D eigenvalue weighted by Gasteiger charge is -2.11. The van der Waals surface area contributed by atoms with Gasteiger partial charge in [-0.3, -0.25) is 0 Å². The molecule has 1 heterocycles. The van der Waals surface area contributed by atoms with Crippen LogP contribution in [0.3, 0.4) is 0 Å². The maximum atomic E-state index is 12.7. The molecule has 0 aliphatic heterocycles. The van der Waals surface area contributed by atoms with Crippen molar-refractivity contribution in [2.24, 2.45) is 0 Å². The Hall–Kier alpha value is -3.42. The van der Waals surface area contributed by atoms with E-state index < -0.39 is 17.8 Å². The molecule has 0 spiro atoms. The van der Waals surface area contributed by atoms with Crippen molar-refractivity contribution < 1.29 is 18.0 Å². The quantitative estimate of drug-likeness (QED) is 0.677. The summed E-state index contributed by atoms with van der Waals surface area (Å²) in [4.78, 5) is 20.5. The number of urea groups is 1. The first-order valence-electron chi connectivity index (χ1n) is 8.42. The summed E-state index contributed by atoms with van der Waals surface area (Å²) in [7, 11) is 0. The minimum atomic E-state index is -4.42. The number of aromatic nitrogens is 2. The fraction of sp³-hybridized carbons (Fsp3) is 0.150. The molecular formula is C20H17F3N4O. The third-order valence-electron chi connectivity index (χ3n) is 3.90. The molecule has 2 N–H and O–H groups in total. The van der Waals surface area contributed by atoms with E-state index in [9.17, 15) is 18.0 Å². The van der Waals surface area contributed by atoms with Crippen LogP contribution in [0, 0.1) is 6.92 Å². The number of halogens is 3. The lowest BCUT2D eigenvalue weighted by Crippen LogP contribution is -2.28. The van der Waals surface area contributed by atoms with Gasteiger partial charge in [-0.1, -0.05) is 12.1 Å². The molecule has 1 aromatic heterocycles. The van der Waals surface area contributed by atoms with Gasteiger partial charge in [0.1, 0.15) is 0 Å². The first-order chi connectivity index (χ1) is 13.3. The van der Waals surface area contributed by atoms with Gasteiger partial charge in [0, 0.05) is 29.7 Å². The maximum absolute atomic E-state index is 12.7. The van der Waals surface area contributed by atoms with E-state index >= 15 is 0 Å². The Bertz CT molecular complexity index is 972. The summed E-state index contributed by atoms with van der Waals surface area (Å²) in [6.45, 7) is 1.85. The summed E-state index contributed by atoms with van der Waals surface area (Å²) in [5, 5.41) is 5.17. The highest BCUT2D eigenvalue weighted by molar-refractivity contribution is 5.89. The number of amides is 2. The van der Waals surface area contributed by atoms with Gasteiger partial charge in [-0.2, -0.15) is 13.2 Å².